The van der Waals surface area contributed by atoms with Crippen molar-refractivity contribution in [2.75, 3.05) is 0 Å². The largest absolute Gasteiger partial charge is 0.507 e. The first-order chi connectivity index (χ1) is 16.6. The molecule has 1 aromatic carbocycles. The lowest BCUT2D eigenvalue weighted by Gasteiger charge is -2.05. The molecule has 182 valence electrons. The number of ketones is 1. The van der Waals surface area contributed by atoms with E-state index in [0.717, 1.165) is 17.4 Å². The zero-order valence-corrected chi connectivity index (χ0v) is 19.9. The molecule has 0 unspecified atom stereocenters. The highest BCUT2D eigenvalue weighted by molar-refractivity contribution is 7.14. The quantitative estimate of drug-likeness (QED) is 0.200. The van der Waals surface area contributed by atoms with Gasteiger partial charge in [0.2, 0.25) is 0 Å². The van der Waals surface area contributed by atoms with E-state index >= 15 is 0 Å². The van der Waals surface area contributed by atoms with Crippen LogP contribution >= 0.6 is 22.9 Å². The first-order valence-corrected chi connectivity index (χ1v) is 11.4. The first kappa shape index (κ1) is 25.9. The highest BCUT2D eigenvalue weighted by Gasteiger charge is 2.21. The van der Waals surface area contributed by atoms with Crippen molar-refractivity contribution >= 4 is 40.8 Å². The molecule has 2 aromatic heterocycles. The molecule has 3 aromatic rings. The number of Topliss-reactive ketones (excluding diaryl/α,β-unsaturated/α-hetero) is 1. The normalized spacial score (nSPS) is 11.7. The van der Waals surface area contributed by atoms with E-state index in [4.69, 9.17) is 25.9 Å². The van der Waals surface area contributed by atoms with Crippen LogP contribution in [0.5, 0.6) is 16.7 Å². The van der Waals surface area contributed by atoms with Crippen LogP contribution in [0.25, 0.3) is 6.08 Å². The summed E-state index contributed by atoms with van der Waals surface area (Å²) in [5.41, 5.74) is -1.41. The van der Waals surface area contributed by atoms with Crippen LogP contribution in [-0.4, -0.2) is 26.9 Å². The Hall–Kier alpha value is -3.76. The molecule has 0 radical (unpaired) electrons. The van der Waals surface area contributed by atoms with Crippen LogP contribution in [0.1, 0.15) is 40.8 Å². The highest BCUT2D eigenvalue weighted by Crippen LogP contribution is 2.34. The highest BCUT2D eigenvalue weighted by atomic mass is 35.5. The van der Waals surface area contributed by atoms with Crippen LogP contribution in [0.2, 0.25) is 5.15 Å². The molecule has 3 rings (SSSR count). The fourth-order valence-corrected chi connectivity index (χ4v) is 4.05. The monoisotopic (exact) mass is 519 g/mol. The van der Waals surface area contributed by atoms with Gasteiger partial charge in [0.1, 0.15) is 28.6 Å². The van der Waals surface area contributed by atoms with E-state index < -0.39 is 34.5 Å². The molecule has 0 bridgehead atoms. The number of ether oxygens (including phenoxy) is 1. The van der Waals surface area contributed by atoms with Crippen molar-refractivity contribution in [3.8, 4) is 16.7 Å². The Kier molecular flexibility index (Phi) is 8.56. The van der Waals surface area contributed by atoms with E-state index in [9.17, 15) is 23.9 Å². The molecular formula is C24H19ClFNO7S. The Bertz CT molecular complexity index is 1360. The Morgan fingerprint density at radius 2 is 2.00 bits per heavy atom. The number of hydrogen-bond acceptors (Lipinski definition) is 8. The van der Waals surface area contributed by atoms with Gasteiger partial charge in [0.25, 0.3) is 5.19 Å². The van der Waals surface area contributed by atoms with E-state index in [2.05, 4.69) is 4.98 Å². The number of thiazole rings is 1. The van der Waals surface area contributed by atoms with Crippen molar-refractivity contribution < 1.29 is 33.3 Å². The number of carboxylic acids is 1. The summed E-state index contributed by atoms with van der Waals surface area (Å²) in [7, 11) is 0. The fraction of sp³-hybridized carbons (Fsp3) is 0.167. The minimum Gasteiger partial charge on any atom is -0.507 e. The van der Waals surface area contributed by atoms with Crippen LogP contribution in [0, 0.1) is 5.82 Å². The van der Waals surface area contributed by atoms with Crippen LogP contribution in [0.15, 0.2) is 57.3 Å². The van der Waals surface area contributed by atoms with Crippen molar-refractivity contribution in [1.82, 2.24) is 4.98 Å². The number of carboxylic acid groups (broad SMARTS) is 1. The number of allylic oxidation sites excluding steroid dienone is 2. The summed E-state index contributed by atoms with van der Waals surface area (Å²) in [5, 5.41) is 19.1. The van der Waals surface area contributed by atoms with E-state index in [1.165, 1.54) is 49.4 Å². The predicted octanol–water partition coefficient (Wildman–Crippen LogP) is 5.64. The molecule has 35 heavy (non-hydrogen) atoms. The summed E-state index contributed by atoms with van der Waals surface area (Å²) in [5.74, 6) is -2.23. The summed E-state index contributed by atoms with van der Waals surface area (Å²) in [6, 6.07) is 6.50. The Labute approximate surface area is 207 Å². The smallest absolute Gasteiger partial charge is 0.351 e. The minimum atomic E-state index is -1.06. The van der Waals surface area contributed by atoms with Crippen molar-refractivity contribution in [2.24, 2.45) is 0 Å². The lowest BCUT2D eigenvalue weighted by atomic mass is 10.0. The molecular weight excluding hydrogens is 501 g/mol. The van der Waals surface area contributed by atoms with Gasteiger partial charge >= 0.3 is 11.6 Å². The van der Waals surface area contributed by atoms with Gasteiger partial charge in [-0.15, -0.1) is 0 Å². The van der Waals surface area contributed by atoms with Gasteiger partial charge in [-0.2, -0.15) is 4.98 Å². The molecule has 0 fully saturated rings. The van der Waals surface area contributed by atoms with E-state index in [-0.39, 0.29) is 28.1 Å². The van der Waals surface area contributed by atoms with Crippen molar-refractivity contribution in [1.29, 1.82) is 0 Å². The molecule has 0 atom stereocenters. The number of aliphatic carboxylic acids is 1. The maximum absolute atomic E-state index is 13.0. The average molecular weight is 520 g/mol. The Balaban J connectivity index is 1.73. The molecule has 0 saturated carbocycles. The predicted molar refractivity (Wildman–Crippen MR) is 128 cm³/mol. The van der Waals surface area contributed by atoms with Crippen LogP contribution in [-0.2, 0) is 11.2 Å². The number of aromatic hydroxyl groups is 1. The third kappa shape index (κ3) is 7.11. The second kappa shape index (κ2) is 11.6. The number of aromatic nitrogens is 1. The van der Waals surface area contributed by atoms with Crippen LogP contribution in [0.3, 0.4) is 0 Å². The topological polar surface area (TPSA) is 127 Å². The van der Waals surface area contributed by atoms with Gasteiger partial charge in [0.15, 0.2) is 10.9 Å². The number of rotatable bonds is 10. The number of aryl methyl sites for hydroxylation is 1. The molecule has 11 heteroatoms. The SMILES string of the molecule is C/C(=C\c1sc(Oc2ccc(F)cc2)nc1Cl)C(=O)c1c(O)cc(CCC/C=C/C(=O)O)oc1=O. The van der Waals surface area contributed by atoms with Gasteiger partial charge in [-0.25, -0.2) is 14.0 Å². The zero-order valence-electron chi connectivity index (χ0n) is 18.3. The van der Waals surface area contributed by atoms with Crippen molar-refractivity contribution in [3.63, 3.8) is 0 Å². The Morgan fingerprint density at radius 1 is 1.29 bits per heavy atom. The Morgan fingerprint density at radius 3 is 2.66 bits per heavy atom. The molecule has 8 nitrogen and oxygen atoms in total. The summed E-state index contributed by atoms with van der Waals surface area (Å²) < 4.78 is 23.7. The summed E-state index contributed by atoms with van der Waals surface area (Å²) in [6.45, 7) is 1.44. The number of nitrogens with zero attached hydrogens (tertiary/aromatic N) is 1. The van der Waals surface area contributed by atoms with Gasteiger partial charge in [-0.3, -0.25) is 4.79 Å². The van der Waals surface area contributed by atoms with Gasteiger partial charge < -0.3 is 19.4 Å². The number of benzene rings is 1. The third-order valence-electron chi connectivity index (χ3n) is 4.58. The number of halogens is 2. The van der Waals surface area contributed by atoms with E-state index in [0.29, 0.717) is 23.5 Å². The lowest BCUT2D eigenvalue weighted by molar-refractivity contribution is -0.131. The van der Waals surface area contributed by atoms with Crippen LogP contribution < -0.4 is 10.4 Å². The molecule has 0 amide bonds. The van der Waals surface area contributed by atoms with Crippen molar-refractivity contribution in [2.45, 2.75) is 26.2 Å². The van der Waals surface area contributed by atoms with E-state index in [1.807, 2.05) is 0 Å². The van der Waals surface area contributed by atoms with Gasteiger partial charge in [0, 0.05) is 18.6 Å². The maximum atomic E-state index is 13.0. The summed E-state index contributed by atoms with van der Waals surface area (Å²) >= 11 is 7.17. The number of hydrogen-bond donors (Lipinski definition) is 2. The van der Waals surface area contributed by atoms with Crippen LogP contribution in [0.4, 0.5) is 4.39 Å². The fourth-order valence-electron chi connectivity index (χ4n) is 2.93. The second-order valence-corrected chi connectivity index (χ2v) is 8.59. The molecule has 0 spiro atoms. The number of carbonyl (C=O) groups is 2. The maximum Gasteiger partial charge on any atom is 0.351 e. The zero-order chi connectivity index (χ0) is 25.5. The van der Waals surface area contributed by atoms with Gasteiger partial charge in [-0.1, -0.05) is 29.0 Å². The molecule has 0 aliphatic carbocycles. The molecule has 2 heterocycles. The van der Waals surface area contributed by atoms with Crippen molar-refractivity contribution in [3.05, 3.63) is 85.6 Å². The molecule has 2 N–H and O–H groups in total. The standard InChI is InChI=1S/C24H19ClFNO7S/c1-13(11-18-22(25)27-24(35-18)34-15-9-7-14(26)8-10-15)21(31)20-17(28)12-16(33-23(20)32)5-3-2-4-6-19(29)30/h4,6-12,28H,2-3,5H2,1H3,(H,29,30)/b6-4+,13-11+. The average Bonchev–Trinajstić information content (AvgIpc) is 3.12. The molecule has 0 saturated heterocycles. The van der Waals surface area contributed by atoms with Gasteiger partial charge in [0.05, 0.1) is 4.88 Å². The summed E-state index contributed by atoms with van der Waals surface area (Å²) in [6.07, 6.45) is 5.06. The third-order valence-corrected chi connectivity index (χ3v) is 5.86. The lowest BCUT2D eigenvalue weighted by Crippen LogP contribution is -2.16. The van der Waals surface area contributed by atoms with Gasteiger partial charge in [-0.05, 0) is 55.7 Å². The molecule has 0 aliphatic rings. The van der Waals surface area contributed by atoms with E-state index in [1.54, 1.807) is 0 Å². The number of unbranched alkanes of at least 4 members (excludes halogenated alkanes) is 1. The summed E-state index contributed by atoms with van der Waals surface area (Å²) in [4.78, 5) is 40.1. The second-order valence-electron chi connectivity index (χ2n) is 7.24. The molecule has 0 aliphatic heterocycles. The minimum absolute atomic E-state index is 0.0582. The number of carbonyl (C=O) groups excluding carboxylic acids is 1. The first-order valence-electron chi connectivity index (χ1n) is 10.2.